The van der Waals surface area contributed by atoms with Gasteiger partial charge in [0.1, 0.15) is 0 Å². The summed E-state index contributed by atoms with van der Waals surface area (Å²) >= 11 is 18.4. The van der Waals surface area contributed by atoms with Crippen molar-refractivity contribution < 1.29 is 4.42 Å². The molecular formula is C15H16Cl3NO. The minimum atomic E-state index is 0.0529. The summed E-state index contributed by atoms with van der Waals surface area (Å²) in [6.07, 6.45) is 3.34. The average Bonchev–Trinajstić information content (AvgIpc) is 2.85. The van der Waals surface area contributed by atoms with E-state index in [0.29, 0.717) is 21.7 Å². The molecule has 0 amide bonds. The Bertz CT molecular complexity index is 568. The normalized spacial score (nSPS) is 12.6. The van der Waals surface area contributed by atoms with E-state index in [1.165, 1.54) is 0 Å². The first-order valence-electron chi connectivity index (χ1n) is 6.52. The highest BCUT2D eigenvalue weighted by Gasteiger charge is 2.18. The molecule has 2 nitrogen and oxygen atoms in total. The first-order chi connectivity index (χ1) is 9.63. The molecular weight excluding hydrogens is 317 g/mol. The van der Waals surface area contributed by atoms with Gasteiger partial charge in [-0.15, -0.1) is 0 Å². The molecule has 0 aliphatic rings. The number of benzene rings is 1. The van der Waals surface area contributed by atoms with E-state index in [1.54, 1.807) is 12.3 Å². The Hall–Kier alpha value is -0.670. The minimum Gasteiger partial charge on any atom is -0.453 e. The monoisotopic (exact) mass is 331 g/mol. The summed E-state index contributed by atoms with van der Waals surface area (Å²) in [7, 11) is 0. The Kier molecular flexibility index (Phi) is 5.79. The third-order valence-corrected chi connectivity index (χ3v) is 4.28. The lowest BCUT2D eigenvalue weighted by Gasteiger charge is -2.18. The summed E-state index contributed by atoms with van der Waals surface area (Å²) in [5, 5.41) is 5.04. The van der Waals surface area contributed by atoms with Crippen molar-refractivity contribution in [1.29, 1.82) is 0 Å². The quantitative estimate of drug-likeness (QED) is 0.753. The molecule has 1 aromatic carbocycles. The Morgan fingerprint density at radius 3 is 2.65 bits per heavy atom. The molecule has 0 bridgehead atoms. The number of furan rings is 1. The second-order valence-corrected chi connectivity index (χ2v) is 5.70. The maximum absolute atomic E-state index is 6.26. The smallest absolute Gasteiger partial charge is 0.197 e. The van der Waals surface area contributed by atoms with Gasteiger partial charge in [0, 0.05) is 11.6 Å². The van der Waals surface area contributed by atoms with Crippen LogP contribution in [-0.2, 0) is 6.42 Å². The summed E-state index contributed by atoms with van der Waals surface area (Å²) in [5.41, 5.74) is 1.93. The second kappa shape index (κ2) is 7.37. The number of nitrogens with one attached hydrogen (secondary N) is 1. The Labute approximate surface area is 134 Å². The Balaban J connectivity index is 2.24. The summed E-state index contributed by atoms with van der Waals surface area (Å²) in [6, 6.07) is 7.60. The van der Waals surface area contributed by atoms with Crippen LogP contribution in [-0.4, -0.2) is 6.54 Å². The average molecular weight is 333 g/mol. The van der Waals surface area contributed by atoms with Crippen molar-refractivity contribution in [2.75, 3.05) is 6.54 Å². The SMILES string of the molecule is CCCNC(Cc1cccc(Cl)c1Cl)c1ccoc1Cl. The van der Waals surface area contributed by atoms with Gasteiger partial charge in [-0.2, -0.15) is 0 Å². The highest BCUT2D eigenvalue weighted by atomic mass is 35.5. The zero-order chi connectivity index (χ0) is 14.5. The van der Waals surface area contributed by atoms with Crippen LogP contribution in [0.15, 0.2) is 34.9 Å². The van der Waals surface area contributed by atoms with E-state index >= 15 is 0 Å². The van der Waals surface area contributed by atoms with E-state index in [9.17, 15) is 0 Å². The van der Waals surface area contributed by atoms with Crippen LogP contribution in [0, 0.1) is 0 Å². The van der Waals surface area contributed by atoms with Gasteiger partial charge < -0.3 is 9.73 Å². The van der Waals surface area contributed by atoms with Crippen LogP contribution in [0.4, 0.5) is 0 Å². The van der Waals surface area contributed by atoms with E-state index in [1.807, 2.05) is 18.2 Å². The molecule has 0 radical (unpaired) electrons. The molecule has 0 aliphatic heterocycles. The Morgan fingerprint density at radius 2 is 2.00 bits per heavy atom. The van der Waals surface area contributed by atoms with E-state index in [2.05, 4.69) is 12.2 Å². The lowest BCUT2D eigenvalue weighted by atomic mass is 10.0. The van der Waals surface area contributed by atoms with Gasteiger partial charge in [-0.3, -0.25) is 0 Å². The van der Waals surface area contributed by atoms with Crippen LogP contribution in [0.5, 0.6) is 0 Å². The molecule has 1 heterocycles. The molecule has 2 rings (SSSR count). The van der Waals surface area contributed by atoms with Gasteiger partial charge in [0.15, 0.2) is 5.22 Å². The molecule has 0 aliphatic carbocycles. The standard InChI is InChI=1S/C15H16Cl3NO/c1-2-7-19-13(11-6-8-20-15(11)18)9-10-4-3-5-12(16)14(10)17/h3-6,8,13,19H,2,7,9H2,1H3. The molecule has 0 fully saturated rings. The highest BCUT2D eigenvalue weighted by molar-refractivity contribution is 6.42. The third kappa shape index (κ3) is 3.70. The van der Waals surface area contributed by atoms with Gasteiger partial charge in [-0.25, -0.2) is 0 Å². The predicted octanol–water partition coefficient (Wildman–Crippen LogP) is 5.52. The fraction of sp³-hybridized carbons (Fsp3) is 0.333. The maximum Gasteiger partial charge on any atom is 0.197 e. The van der Waals surface area contributed by atoms with Crippen LogP contribution < -0.4 is 5.32 Å². The number of hydrogen-bond acceptors (Lipinski definition) is 2. The largest absolute Gasteiger partial charge is 0.453 e. The van der Waals surface area contributed by atoms with Crippen molar-refractivity contribution in [3.05, 3.63) is 56.9 Å². The van der Waals surface area contributed by atoms with Gasteiger partial charge in [0.25, 0.3) is 0 Å². The number of halogens is 3. The fourth-order valence-corrected chi connectivity index (χ4v) is 2.73. The van der Waals surface area contributed by atoms with Gasteiger partial charge in [0.2, 0.25) is 0 Å². The summed E-state index contributed by atoms with van der Waals surface area (Å²) in [5.74, 6) is 0. The van der Waals surface area contributed by atoms with Crippen molar-refractivity contribution in [2.24, 2.45) is 0 Å². The van der Waals surface area contributed by atoms with Crippen LogP contribution in [0.3, 0.4) is 0 Å². The van der Waals surface area contributed by atoms with E-state index < -0.39 is 0 Å². The van der Waals surface area contributed by atoms with Crippen molar-refractivity contribution in [3.8, 4) is 0 Å². The zero-order valence-electron chi connectivity index (χ0n) is 11.1. The van der Waals surface area contributed by atoms with Gasteiger partial charge >= 0.3 is 0 Å². The van der Waals surface area contributed by atoms with Crippen LogP contribution >= 0.6 is 34.8 Å². The minimum absolute atomic E-state index is 0.0529. The summed E-state index contributed by atoms with van der Waals surface area (Å²) in [6.45, 7) is 3.01. The van der Waals surface area contributed by atoms with Crippen molar-refractivity contribution >= 4 is 34.8 Å². The molecule has 1 atom stereocenters. The van der Waals surface area contributed by atoms with Crippen LogP contribution in [0.2, 0.25) is 15.3 Å². The molecule has 0 saturated carbocycles. The lowest BCUT2D eigenvalue weighted by Crippen LogP contribution is -2.24. The number of hydrogen-bond donors (Lipinski definition) is 1. The van der Waals surface area contributed by atoms with E-state index in [4.69, 9.17) is 39.2 Å². The number of rotatable bonds is 6. The molecule has 0 spiro atoms. The fourth-order valence-electron chi connectivity index (χ4n) is 2.09. The summed E-state index contributed by atoms with van der Waals surface area (Å²) < 4.78 is 5.18. The highest BCUT2D eigenvalue weighted by Crippen LogP contribution is 2.31. The van der Waals surface area contributed by atoms with E-state index in [0.717, 1.165) is 24.1 Å². The topological polar surface area (TPSA) is 25.2 Å². The molecule has 1 unspecified atom stereocenters. The molecule has 20 heavy (non-hydrogen) atoms. The van der Waals surface area contributed by atoms with E-state index in [-0.39, 0.29) is 6.04 Å². The first kappa shape index (κ1) is 15.7. The summed E-state index contributed by atoms with van der Waals surface area (Å²) in [4.78, 5) is 0. The molecule has 108 valence electrons. The predicted molar refractivity (Wildman–Crippen MR) is 84.9 cm³/mol. The molecule has 0 saturated heterocycles. The third-order valence-electron chi connectivity index (χ3n) is 3.12. The van der Waals surface area contributed by atoms with Crippen LogP contribution in [0.1, 0.15) is 30.5 Å². The van der Waals surface area contributed by atoms with Crippen LogP contribution in [0.25, 0.3) is 0 Å². The second-order valence-electron chi connectivity index (χ2n) is 4.57. The molecule has 1 N–H and O–H groups in total. The van der Waals surface area contributed by atoms with Gasteiger partial charge in [-0.1, -0.05) is 42.3 Å². The van der Waals surface area contributed by atoms with Gasteiger partial charge in [0.05, 0.1) is 16.3 Å². The Morgan fingerprint density at radius 1 is 1.20 bits per heavy atom. The van der Waals surface area contributed by atoms with Crippen molar-refractivity contribution in [1.82, 2.24) is 5.32 Å². The van der Waals surface area contributed by atoms with Gasteiger partial charge in [-0.05, 0) is 48.7 Å². The maximum atomic E-state index is 6.26. The van der Waals surface area contributed by atoms with Crippen molar-refractivity contribution in [2.45, 2.75) is 25.8 Å². The lowest BCUT2D eigenvalue weighted by molar-refractivity contribution is 0.513. The first-order valence-corrected chi connectivity index (χ1v) is 7.66. The molecule has 1 aromatic heterocycles. The molecule has 2 aromatic rings. The zero-order valence-corrected chi connectivity index (χ0v) is 13.4. The molecule has 5 heteroatoms. The van der Waals surface area contributed by atoms with Crippen molar-refractivity contribution in [3.63, 3.8) is 0 Å².